The molecule has 0 atom stereocenters. The first-order valence-corrected chi connectivity index (χ1v) is 7.79. The predicted molar refractivity (Wildman–Crippen MR) is 85.2 cm³/mol. The maximum absolute atomic E-state index is 11.9. The van der Waals surface area contributed by atoms with Gasteiger partial charge in [-0.1, -0.05) is 30.1 Å². The molecule has 1 aromatic carbocycles. The van der Waals surface area contributed by atoms with Gasteiger partial charge in [0.2, 0.25) is 0 Å². The highest BCUT2D eigenvalue weighted by molar-refractivity contribution is 6.34. The van der Waals surface area contributed by atoms with Gasteiger partial charge in [-0.2, -0.15) is 0 Å². The zero-order chi connectivity index (χ0) is 15.3. The van der Waals surface area contributed by atoms with Gasteiger partial charge in [-0.15, -0.1) is 0 Å². The van der Waals surface area contributed by atoms with Crippen molar-refractivity contribution in [3.8, 4) is 5.75 Å². The van der Waals surface area contributed by atoms with Crippen LogP contribution < -0.4 is 15.4 Å². The zero-order valence-electron chi connectivity index (χ0n) is 12.0. The second-order valence-corrected chi connectivity index (χ2v) is 6.60. The van der Waals surface area contributed by atoms with Crippen molar-refractivity contribution in [3.05, 3.63) is 28.2 Å². The molecule has 21 heavy (non-hydrogen) atoms. The Labute approximate surface area is 135 Å². The van der Waals surface area contributed by atoms with Crippen LogP contribution in [-0.4, -0.2) is 32.1 Å². The molecule has 0 spiro atoms. The smallest absolute Gasteiger partial charge is 0.257 e. The molecular weight excluding hydrogens is 311 g/mol. The van der Waals surface area contributed by atoms with E-state index < -0.39 is 0 Å². The number of halogens is 2. The van der Waals surface area contributed by atoms with Crippen LogP contribution in [0.2, 0.25) is 10.0 Å². The second kappa shape index (κ2) is 7.34. The number of amides is 1. The highest BCUT2D eigenvalue weighted by Gasteiger charge is 2.26. The Morgan fingerprint density at radius 3 is 2.52 bits per heavy atom. The lowest BCUT2D eigenvalue weighted by atomic mass is 9.81. The van der Waals surface area contributed by atoms with Gasteiger partial charge >= 0.3 is 0 Å². The average Bonchev–Trinajstić information content (AvgIpc) is 2.43. The number of ether oxygens (including phenoxy) is 1. The van der Waals surface area contributed by atoms with E-state index >= 15 is 0 Å². The van der Waals surface area contributed by atoms with Gasteiger partial charge in [0.15, 0.2) is 6.61 Å². The normalized spacial score (nSPS) is 17.3. The molecule has 1 amide bonds. The molecule has 1 aromatic rings. The van der Waals surface area contributed by atoms with E-state index in [9.17, 15) is 4.79 Å². The van der Waals surface area contributed by atoms with E-state index in [0.717, 1.165) is 25.9 Å². The first-order chi connectivity index (χ1) is 9.97. The van der Waals surface area contributed by atoms with Crippen molar-refractivity contribution < 1.29 is 9.53 Å². The van der Waals surface area contributed by atoms with Gasteiger partial charge in [-0.25, -0.2) is 0 Å². The third-order valence-electron chi connectivity index (χ3n) is 3.73. The summed E-state index contributed by atoms with van der Waals surface area (Å²) in [6.45, 7) is 4.84. The largest absolute Gasteiger partial charge is 0.484 e. The molecular formula is C15H20Cl2N2O2. The van der Waals surface area contributed by atoms with Crippen molar-refractivity contribution in [1.29, 1.82) is 0 Å². The maximum atomic E-state index is 11.9. The van der Waals surface area contributed by atoms with Crippen LogP contribution in [-0.2, 0) is 4.79 Å². The quantitative estimate of drug-likeness (QED) is 0.872. The fourth-order valence-corrected chi connectivity index (χ4v) is 2.84. The summed E-state index contributed by atoms with van der Waals surface area (Å²) in [7, 11) is 0. The molecule has 1 fully saturated rings. The van der Waals surface area contributed by atoms with Crippen molar-refractivity contribution >= 4 is 29.1 Å². The van der Waals surface area contributed by atoms with Crippen LogP contribution in [0.15, 0.2) is 18.2 Å². The summed E-state index contributed by atoms with van der Waals surface area (Å²) in [6, 6.07) is 4.89. The minimum absolute atomic E-state index is 0.0367. The SMILES string of the molecule is CC1(CNC(=O)COc2cc(Cl)cc(Cl)c2)CCNCC1. The number of carbonyl (C=O) groups excluding carboxylic acids is 1. The third-order valence-corrected chi connectivity index (χ3v) is 4.17. The average molecular weight is 331 g/mol. The van der Waals surface area contributed by atoms with E-state index in [1.54, 1.807) is 18.2 Å². The summed E-state index contributed by atoms with van der Waals surface area (Å²) in [5.74, 6) is 0.363. The summed E-state index contributed by atoms with van der Waals surface area (Å²) >= 11 is 11.8. The Morgan fingerprint density at radius 2 is 1.90 bits per heavy atom. The highest BCUT2D eigenvalue weighted by atomic mass is 35.5. The Hall–Kier alpha value is -0.970. The Bertz CT molecular complexity index is 482. The number of nitrogens with one attached hydrogen (secondary N) is 2. The van der Waals surface area contributed by atoms with Crippen LogP contribution in [0.25, 0.3) is 0 Å². The van der Waals surface area contributed by atoms with Crippen LogP contribution in [0.5, 0.6) is 5.75 Å². The van der Waals surface area contributed by atoms with Crippen LogP contribution in [0.3, 0.4) is 0 Å². The maximum Gasteiger partial charge on any atom is 0.257 e. The lowest BCUT2D eigenvalue weighted by Gasteiger charge is -2.34. The molecule has 0 bridgehead atoms. The minimum Gasteiger partial charge on any atom is -0.484 e. The fourth-order valence-electron chi connectivity index (χ4n) is 2.33. The number of piperidine rings is 1. The lowest BCUT2D eigenvalue weighted by molar-refractivity contribution is -0.123. The van der Waals surface area contributed by atoms with E-state index in [2.05, 4.69) is 17.6 Å². The van der Waals surface area contributed by atoms with E-state index in [0.29, 0.717) is 22.3 Å². The Morgan fingerprint density at radius 1 is 1.29 bits per heavy atom. The highest BCUT2D eigenvalue weighted by Crippen LogP contribution is 2.27. The third kappa shape index (κ3) is 5.38. The number of rotatable bonds is 5. The van der Waals surface area contributed by atoms with Crippen LogP contribution in [0.4, 0.5) is 0 Å². The van der Waals surface area contributed by atoms with Crippen LogP contribution in [0, 0.1) is 5.41 Å². The number of carbonyl (C=O) groups is 1. The molecule has 2 rings (SSSR count). The van der Waals surface area contributed by atoms with Crippen molar-refractivity contribution in [2.45, 2.75) is 19.8 Å². The van der Waals surface area contributed by atoms with Gasteiger partial charge < -0.3 is 15.4 Å². The van der Waals surface area contributed by atoms with Gasteiger partial charge in [0, 0.05) is 16.6 Å². The molecule has 0 aromatic heterocycles. The van der Waals surface area contributed by atoms with Crippen LogP contribution in [0.1, 0.15) is 19.8 Å². The van der Waals surface area contributed by atoms with Gasteiger partial charge in [0.25, 0.3) is 5.91 Å². The lowest BCUT2D eigenvalue weighted by Crippen LogP contribution is -2.43. The molecule has 1 aliphatic rings. The topological polar surface area (TPSA) is 50.4 Å². The molecule has 0 saturated carbocycles. The molecule has 1 saturated heterocycles. The van der Waals surface area contributed by atoms with Crippen molar-refractivity contribution in [3.63, 3.8) is 0 Å². The molecule has 4 nitrogen and oxygen atoms in total. The van der Waals surface area contributed by atoms with E-state index in [1.165, 1.54) is 0 Å². The first kappa shape index (κ1) is 16.4. The fraction of sp³-hybridized carbons (Fsp3) is 0.533. The molecule has 0 aliphatic carbocycles. The minimum atomic E-state index is -0.133. The first-order valence-electron chi connectivity index (χ1n) is 7.03. The van der Waals surface area contributed by atoms with Gasteiger partial charge in [-0.05, 0) is 49.5 Å². The summed E-state index contributed by atoms with van der Waals surface area (Å²) in [6.07, 6.45) is 2.13. The van der Waals surface area contributed by atoms with Crippen LogP contribution >= 0.6 is 23.2 Å². The number of hydrogen-bond donors (Lipinski definition) is 2. The predicted octanol–water partition coefficient (Wildman–Crippen LogP) is 2.88. The Kier molecular flexibility index (Phi) is 5.73. The summed E-state index contributed by atoms with van der Waals surface area (Å²) < 4.78 is 5.41. The molecule has 0 unspecified atom stereocenters. The molecule has 6 heteroatoms. The second-order valence-electron chi connectivity index (χ2n) is 5.73. The monoisotopic (exact) mass is 330 g/mol. The molecule has 1 heterocycles. The molecule has 116 valence electrons. The molecule has 0 radical (unpaired) electrons. The van der Waals surface area contributed by atoms with Crippen molar-refractivity contribution in [2.24, 2.45) is 5.41 Å². The zero-order valence-corrected chi connectivity index (χ0v) is 13.6. The van der Waals surface area contributed by atoms with E-state index in [1.807, 2.05) is 0 Å². The van der Waals surface area contributed by atoms with Gasteiger partial charge in [0.1, 0.15) is 5.75 Å². The summed E-state index contributed by atoms with van der Waals surface area (Å²) in [4.78, 5) is 11.9. The van der Waals surface area contributed by atoms with E-state index in [4.69, 9.17) is 27.9 Å². The van der Waals surface area contributed by atoms with Crippen molar-refractivity contribution in [2.75, 3.05) is 26.2 Å². The van der Waals surface area contributed by atoms with Crippen molar-refractivity contribution in [1.82, 2.24) is 10.6 Å². The summed E-state index contributed by atoms with van der Waals surface area (Å²) in [5, 5.41) is 7.23. The number of hydrogen-bond acceptors (Lipinski definition) is 3. The standard InChI is InChI=1S/C15H20Cl2N2O2/c1-15(2-4-18-5-3-15)10-19-14(20)9-21-13-7-11(16)6-12(17)8-13/h6-8,18H,2-5,9-10H2,1H3,(H,19,20). The molecule has 2 N–H and O–H groups in total. The Balaban J connectivity index is 1.76. The summed E-state index contributed by atoms with van der Waals surface area (Å²) in [5.41, 5.74) is 0.167. The van der Waals surface area contributed by atoms with Gasteiger partial charge in [-0.3, -0.25) is 4.79 Å². The number of benzene rings is 1. The van der Waals surface area contributed by atoms with Gasteiger partial charge in [0.05, 0.1) is 0 Å². The molecule has 1 aliphatic heterocycles. The van der Waals surface area contributed by atoms with E-state index in [-0.39, 0.29) is 17.9 Å².